The third-order valence-corrected chi connectivity index (χ3v) is 5.78. The lowest BCUT2D eigenvalue weighted by atomic mass is 9.69. The number of hydrogen-bond acceptors (Lipinski definition) is 1. The molecule has 137 valence electrons. The van der Waals surface area contributed by atoms with Gasteiger partial charge in [-0.25, -0.2) is 0 Å². The van der Waals surface area contributed by atoms with Crippen LogP contribution in [0.3, 0.4) is 0 Å². The van der Waals surface area contributed by atoms with Crippen LogP contribution in [0.5, 0.6) is 0 Å². The summed E-state index contributed by atoms with van der Waals surface area (Å²) in [5, 5.41) is 0. The Hall–Kier alpha value is -2.54. The molecule has 27 heavy (non-hydrogen) atoms. The van der Waals surface area contributed by atoms with Crippen LogP contribution in [0, 0.1) is 11.8 Å². The zero-order chi connectivity index (χ0) is 18.5. The van der Waals surface area contributed by atoms with E-state index in [1.165, 1.54) is 41.6 Å². The molecule has 1 nitrogen and oxygen atoms in total. The SMILES string of the molecule is CCC1CC[C]1c1ccc(N(Cc2ccccc2)Cc2ccccc2)cc1. The maximum absolute atomic E-state index is 2.47. The van der Waals surface area contributed by atoms with Crippen LogP contribution < -0.4 is 4.90 Å². The van der Waals surface area contributed by atoms with Crippen LogP contribution >= 0.6 is 0 Å². The highest BCUT2D eigenvalue weighted by atomic mass is 15.1. The lowest BCUT2D eigenvalue weighted by Crippen LogP contribution is -2.24. The first kappa shape index (κ1) is 17.9. The van der Waals surface area contributed by atoms with Gasteiger partial charge in [0.1, 0.15) is 0 Å². The molecule has 0 amide bonds. The predicted octanol–water partition coefficient (Wildman–Crippen LogP) is 6.64. The highest BCUT2D eigenvalue weighted by Gasteiger charge is 2.31. The van der Waals surface area contributed by atoms with Crippen LogP contribution in [-0.4, -0.2) is 0 Å². The molecular weight excluding hydrogens is 326 g/mol. The molecule has 0 aromatic heterocycles. The minimum atomic E-state index is 0.806. The Balaban J connectivity index is 1.55. The fourth-order valence-electron chi connectivity index (χ4n) is 4.06. The molecule has 0 aliphatic heterocycles. The third kappa shape index (κ3) is 4.24. The molecule has 1 aliphatic rings. The summed E-state index contributed by atoms with van der Waals surface area (Å²) in [6.07, 6.45) is 3.91. The second-order valence-electron chi connectivity index (χ2n) is 7.54. The summed E-state index contributed by atoms with van der Waals surface area (Å²) in [6.45, 7) is 4.14. The molecule has 1 heteroatoms. The molecule has 0 saturated heterocycles. The fourth-order valence-corrected chi connectivity index (χ4v) is 4.06. The van der Waals surface area contributed by atoms with E-state index in [0.29, 0.717) is 0 Å². The Morgan fingerprint density at radius 3 is 1.74 bits per heavy atom. The first-order valence-corrected chi connectivity index (χ1v) is 10.1. The largest absolute Gasteiger partial charge is 0.363 e. The number of benzene rings is 3. The van der Waals surface area contributed by atoms with Gasteiger partial charge in [0.05, 0.1) is 0 Å². The van der Waals surface area contributed by atoms with E-state index in [1.54, 1.807) is 5.92 Å². The average molecular weight is 355 g/mol. The van der Waals surface area contributed by atoms with E-state index in [2.05, 4.69) is 96.8 Å². The van der Waals surface area contributed by atoms with Crippen molar-refractivity contribution >= 4 is 5.69 Å². The van der Waals surface area contributed by atoms with Crippen LogP contribution in [0.15, 0.2) is 84.9 Å². The Kier molecular flexibility index (Phi) is 5.58. The zero-order valence-corrected chi connectivity index (χ0v) is 16.1. The summed E-state index contributed by atoms with van der Waals surface area (Å²) in [5.41, 5.74) is 5.42. The quantitative estimate of drug-likeness (QED) is 0.460. The van der Waals surface area contributed by atoms with Crippen molar-refractivity contribution in [1.82, 2.24) is 0 Å². The van der Waals surface area contributed by atoms with Crippen LogP contribution in [-0.2, 0) is 13.1 Å². The molecule has 0 N–H and O–H groups in total. The van der Waals surface area contributed by atoms with E-state index < -0.39 is 0 Å². The van der Waals surface area contributed by atoms with Gasteiger partial charge in [-0.15, -0.1) is 0 Å². The van der Waals surface area contributed by atoms with Gasteiger partial charge in [0.2, 0.25) is 0 Å². The van der Waals surface area contributed by atoms with Crippen molar-refractivity contribution in [2.75, 3.05) is 4.90 Å². The van der Waals surface area contributed by atoms with Crippen molar-refractivity contribution in [2.24, 2.45) is 5.92 Å². The maximum Gasteiger partial charge on any atom is 0.0433 e. The minimum absolute atomic E-state index is 0.806. The standard InChI is InChI=1S/C26H28N/c1-2-23-15-18-26(23)24-13-16-25(17-14-24)27(19-21-9-5-3-6-10-21)20-22-11-7-4-8-12-22/h3-14,16-17,23H,2,15,18-20H2,1H3. The molecule has 1 radical (unpaired) electrons. The highest BCUT2D eigenvalue weighted by molar-refractivity contribution is 5.51. The fraction of sp³-hybridized carbons (Fsp3) is 0.269. The van der Waals surface area contributed by atoms with Gasteiger partial charge in [-0.1, -0.05) is 86.1 Å². The maximum atomic E-state index is 2.47. The molecule has 1 unspecified atom stereocenters. The van der Waals surface area contributed by atoms with Gasteiger partial charge in [0.25, 0.3) is 0 Å². The van der Waals surface area contributed by atoms with Crippen molar-refractivity contribution < 1.29 is 0 Å². The zero-order valence-electron chi connectivity index (χ0n) is 16.1. The molecule has 1 fully saturated rings. The summed E-state index contributed by atoms with van der Waals surface area (Å²) < 4.78 is 0. The molecule has 4 rings (SSSR count). The number of hydrogen-bond donors (Lipinski definition) is 0. The second-order valence-corrected chi connectivity index (χ2v) is 7.54. The summed E-state index contributed by atoms with van der Waals surface area (Å²) in [5.74, 6) is 2.46. The molecule has 0 bridgehead atoms. The van der Waals surface area contributed by atoms with Gasteiger partial charge in [-0.05, 0) is 47.6 Å². The summed E-state index contributed by atoms with van der Waals surface area (Å²) >= 11 is 0. The number of rotatable bonds is 7. The van der Waals surface area contributed by atoms with E-state index >= 15 is 0 Å². The first-order valence-electron chi connectivity index (χ1n) is 10.1. The molecule has 3 aromatic carbocycles. The predicted molar refractivity (Wildman–Crippen MR) is 115 cm³/mol. The molecule has 0 spiro atoms. The van der Waals surface area contributed by atoms with Crippen molar-refractivity contribution in [1.29, 1.82) is 0 Å². The summed E-state index contributed by atoms with van der Waals surface area (Å²) in [6, 6.07) is 30.8. The monoisotopic (exact) mass is 354 g/mol. The molecule has 1 aliphatic carbocycles. The van der Waals surface area contributed by atoms with Crippen LogP contribution in [0.25, 0.3) is 0 Å². The average Bonchev–Trinajstić information content (AvgIpc) is 2.69. The van der Waals surface area contributed by atoms with Crippen molar-refractivity contribution in [2.45, 2.75) is 39.3 Å². The van der Waals surface area contributed by atoms with Crippen LogP contribution in [0.4, 0.5) is 5.69 Å². The molecule has 3 aromatic rings. The van der Waals surface area contributed by atoms with Gasteiger partial charge < -0.3 is 4.90 Å². The van der Waals surface area contributed by atoms with E-state index in [4.69, 9.17) is 0 Å². The smallest absolute Gasteiger partial charge is 0.0433 e. The van der Waals surface area contributed by atoms with E-state index in [0.717, 1.165) is 19.0 Å². The first-order chi connectivity index (χ1) is 13.3. The van der Waals surface area contributed by atoms with Crippen molar-refractivity contribution in [3.8, 4) is 0 Å². The molecule has 0 heterocycles. The Morgan fingerprint density at radius 1 is 0.741 bits per heavy atom. The highest BCUT2D eigenvalue weighted by Crippen LogP contribution is 2.43. The molecule has 1 saturated carbocycles. The van der Waals surface area contributed by atoms with Crippen molar-refractivity contribution in [3.63, 3.8) is 0 Å². The minimum Gasteiger partial charge on any atom is -0.363 e. The molecular formula is C26H28N. The van der Waals surface area contributed by atoms with Crippen LogP contribution in [0.2, 0.25) is 0 Å². The Bertz CT molecular complexity index is 780. The lowest BCUT2D eigenvalue weighted by molar-refractivity contribution is 0.369. The van der Waals surface area contributed by atoms with Gasteiger partial charge in [0, 0.05) is 24.7 Å². The second kappa shape index (κ2) is 8.43. The topological polar surface area (TPSA) is 3.24 Å². The van der Waals surface area contributed by atoms with Gasteiger partial charge in [-0.2, -0.15) is 0 Å². The summed E-state index contributed by atoms with van der Waals surface area (Å²) in [7, 11) is 0. The summed E-state index contributed by atoms with van der Waals surface area (Å²) in [4.78, 5) is 2.47. The Morgan fingerprint density at radius 2 is 1.30 bits per heavy atom. The normalized spacial score (nSPS) is 16.7. The third-order valence-electron chi connectivity index (χ3n) is 5.78. The lowest BCUT2D eigenvalue weighted by Gasteiger charge is -2.36. The van der Waals surface area contributed by atoms with E-state index in [1.807, 2.05) is 0 Å². The van der Waals surface area contributed by atoms with Crippen LogP contribution in [0.1, 0.15) is 42.9 Å². The van der Waals surface area contributed by atoms with Gasteiger partial charge >= 0.3 is 0 Å². The Labute approximate surface area is 163 Å². The van der Waals surface area contributed by atoms with E-state index in [-0.39, 0.29) is 0 Å². The molecule has 1 atom stereocenters. The van der Waals surface area contributed by atoms with E-state index in [9.17, 15) is 0 Å². The van der Waals surface area contributed by atoms with Gasteiger partial charge in [-0.3, -0.25) is 0 Å². The van der Waals surface area contributed by atoms with Gasteiger partial charge in [0.15, 0.2) is 0 Å². The number of nitrogens with zero attached hydrogens (tertiary/aromatic N) is 1. The van der Waals surface area contributed by atoms with Crippen molar-refractivity contribution in [3.05, 3.63) is 108 Å². The number of anilines is 1.